The summed E-state index contributed by atoms with van der Waals surface area (Å²) in [7, 11) is 0. The van der Waals surface area contributed by atoms with E-state index in [0.29, 0.717) is 12.5 Å². The molecule has 0 unspecified atom stereocenters. The summed E-state index contributed by atoms with van der Waals surface area (Å²) in [5.41, 5.74) is 2.61. The first kappa shape index (κ1) is 18.1. The maximum Gasteiger partial charge on any atom is 0.315 e. The van der Waals surface area contributed by atoms with E-state index in [1.165, 1.54) is 11.1 Å². The van der Waals surface area contributed by atoms with Crippen LogP contribution >= 0.6 is 11.8 Å². The van der Waals surface area contributed by atoms with Crippen molar-refractivity contribution in [2.45, 2.75) is 44.4 Å². The zero-order chi connectivity index (χ0) is 16.5. The SMILES string of the molecule is Cc1ccc(CSCCNC(=O)NC2CCC(CO)CC2)cc1. The molecule has 0 bridgehead atoms. The van der Waals surface area contributed by atoms with Gasteiger partial charge in [-0.3, -0.25) is 0 Å². The fourth-order valence-corrected chi connectivity index (χ4v) is 3.66. The molecular weight excluding hydrogens is 308 g/mol. The molecule has 23 heavy (non-hydrogen) atoms. The number of thioether (sulfide) groups is 1. The normalized spacial score (nSPS) is 21.0. The minimum atomic E-state index is -0.0617. The van der Waals surface area contributed by atoms with Crippen LogP contribution in [-0.2, 0) is 5.75 Å². The van der Waals surface area contributed by atoms with Crippen molar-refractivity contribution in [3.05, 3.63) is 35.4 Å². The van der Waals surface area contributed by atoms with Crippen molar-refractivity contribution in [2.24, 2.45) is 5.92 Å². The fraction of sp³-hybridized carbons (Fsp3) is 0.611. The van der Waals surface area contributed by atoms with Crippen LogP contribution in [0.2, 0.25) is 0 Å². The first-order chi connectivity index (χ1) is 11.2. The summed E-state index contributed by atoms with van der Waals surface area (Å²) in [6.07, 6.45) is 3.96. The molecule has 2 rings (SSSR count). The molecule has 0 radical (unpaired) electrons. The van der Waals surface area contributed by atoms with Crippen LogP contribution in [0.4, 0.5) is 4.79 Å². The van der Waals surface area contributed by atoms with Gasteiger partial charge in [0.25, 0.3) is 0 Å². The van der Waals surface area contributed by atoms with Crippen LogP contribution in [0.25, 0.3) is 0 Å². The van der Waals surface area contributed by atoms with Crippen LogP contribution < -0.4 is 10.6 Å². The molecule has 0 saturated heterocycles. The highest BCUT2D eigenvalue weighted by atomic mass is 32.2. The van der Waals surface area contributed by atoms with E-state index in [1.807, 2.05) is 11.8 Å². The fourth-order valence-electron chi connectivity index (χ4n) is 2.84. The van der Waals surface area contributed by atoms with Crippen molar-refractivity contribution in [3.8, 4) is 0 Å². The summed E-state index contributed by atoms with van der Waals surface area (Å²) in [5, 5.41) is 15.1. The summed E-state index contributed by atoms with van der Waals surface area (Å²) in [5.74, 6) is 2.32. The number of carbonyl (C=O) groups is 1. The summed E-state index contributed by atoms with van der Waals surface area (Å²) >= 11 is 1.83. The molecule has 1 aliphatic carbocycles. The Morgan fingerprint density at radius 1 is 1.22 bits per heavy atom. The van der Waals surface area contributed by atoms with Crippen molar-refractivity contribution < 1.29 is 9.90 Å². The molecule has 1 saturated carbocycles. The molecule has 0 spiro atoms. The predicted octanol–water partition coefficient (Wildman–Crippen LogP) is 3.08. The van der Waals surface area contributed by atoms with E-state index in [0.717, 1.165) is 37.2 Å². The van der Waals surface area contributed by atoms with Crippen molar-refractivity contribution in [3.63, 3.8) is 0 Å². The van der Waals surface area contributed by atoms with E-state index < -0.39 is 0 Å². The van der Waals surface area contributed by atoms with Gasteiger partial charge in [-0.2, -0.15) is 11.8 Å². The minimum Gasteiger partial charge on any atom is -0.396 e. The number of benzene rings is 1. The second kappa shape index (κ2) is 9.83. The molecule has 128 valence electrons. The van der Waals surface area contributed by atoms with Crippen LogP contribution in [0.15, 0.2) is 24.3 Å². The highest BCUT2D eigenvalue weighted by Crippen LogP contribution is 2.23. The first-order valence-electron chi connectivity index (χ1n) is 8.46. The Labute approximate surface area is 143 Å². The quantitative estimate of drug-likeness (QED) is 0.671. The molecule has 0 heterocycles. The summed E-state index contributed by atoms with van der Waals surface area (Å²) < 4.78 is 0. The van der Waals surface area contributed by atoms with Crippen LogP contribution in [0.1, 0.15) is 36.8 Å². The Morgan fingerprint density at radius 3 is 2.57 bits per heavy atom. The van der Waals surface area contributed by atoms with Crippen LogP contribution in [0.3, 0.4) is 0 Å². The largest absolute Gasteiger partial charge is 0.396 e. The zero-order valence-electron chi connectivity index (χ0n) is 13.9. The molecule has 0 aliphatic heterocycles. The number of hydrogen-bond donors (Lipinski definition) is 3. The van der Waals surface area contributed by atoms with Crippen molar-refractivity contribution in [2.75, 3.05) is 18.9 Å². The van der Waals surface area contributed by atoms with Crippen molar-refractivity contribution in [1.29, 1.82) is 0 Å². The lowest BCUT2D eigenvalue weighted by atomic mass is 9.87. The average molecular weight is 337 g/mol. The molecule has 2 amide bonds. The van der Waals surface area contributed by atoms with Gasteiger partial charge in [-0.25, -0.2) is 4.79 Å². The third-order valence-electron chi connectivity index (χ3n) is 4.36. The van der Waals surface area contributed by atoms with Gasteiger partial charge in [0.15, 0.2) is 0 Å². The molecule has 0 atom stereocenters. The Bertz CT molecular complexity index is 470. The number of rotatable bonds is 7. The summed E-state index contributed by atoms with van der Waals surface area (Å²) in [6, 6.07) is 8.78. The number of carbonyl (C=O) groups excluding carboxylic acids is 1. The third kappa shape index (κ3) is 6.83. The highest BCUT2D eigenvalue weighted by molar-refractivity contribution is 7.98. The second-order valence-corrected chi connectivity index (χ2v) is 7.44. The predicted molar refractivity (Wildman–Crippen MR) is 96.7 cm³/mol. The first-order valence-corrected chi connectivity index (χ1v) is 9.61. The van der Waals surface area contributed by atoms with Gasteiger partial charge in [0.2, 0.25) is 0 Å². The second-order valence-electron chi connectivity index (χ2n) is 6.34. The van der Waals surface area contributed by atoms with E-state index >= 15 is 0 Å². The number of nitrogens with one attached hydrogen (secondary N) is 2. The standard InChI is InChI=1S/C18H28N2O2S/c1-14-2-4-16(5-3-14)13-23-11-10-19-18(22)20-17-8-6-15(12-21)7-9-17/h2-5,15,17,21H,6-13H2,1H3,(H2,19,20,22). The van der Waals surface area contributed by atoms with Gasteiger partial charge in [0, 0.05) is 30.7 Å². The molecule has 1 fully saturated rings. The summed E-state index contributed by atoms with van der Waals surface area (Å²) in [6.45, 7) is 3.06. The minimum absolute atomic E-state index is 0.0617. The third-order valence-corrected chi connectivity index (χ3v) is 5.39. The molecule has 3 N–H and O–H groups in total. The number of aliphatic hydroxyl groups excluding tert-OH is 1. The number of amides is 2. The van der Waals surface area contributed by atoms with E-state index in [1.54, 1.807) is 0 Å². The number of aryl methyl sites for hydroxylation is 1. The Kier molecular flexibility index (Phi) is 7.76. The van der Waals surface area contributed by atoms with Gasteiger partial charge in [0.05, 0.1) is 0 Å². The topological polar surface area (TPSA) is 61.4 Å². The van der Waals surface area contributed by atoms with E-state index in [4.69, 9.17) is 5.11 Å². The number of hydrogen-bond acceptors (Lipinski definition) is 3. The van der Waals surface area contributed by atoms with E-state index in [9.17, 15) is 4.79 Å². The molecule has 1 aliphatic rings. The number of urea groups is 1. The number of aliphatic hydroxyl groups is 1. The average Bonchev–Trinajstić information content (AvgIpc) is 2.57. The Balaban J connectivity index is 1.52. The maximum absolute atomic E-state index is 11.9. The molecule has 5 heteroatoms. The molecule has 1 aromatic rings. The molecule has 1 aromatic carbocycles. The Morgan fingerprint density at radius 2 is 1.91 bits per heavy atom. The molecule has 4 nitrogen and oxygen atoms in total. The molecular formula is C18H28N2O2S. The van der Waals surface area contributed by atoms with Gasteiger partial charge >= 0.3 is 6.03 Å². The lowest BCUT2D eigenvalue weighted by Crippen LogP contribution is -2.44. The van der Waals surface area contributed by atoms with Crippen LogP contribution in [0, 0.1) is 12.8 Å². The van der Waals surface area contributed by atoms with Crippen LogP contribution in [-0.4, -0.2) is 36.1 Å². The van der Waals surface area contributed by atoms with Crippen molar-refractivity contribution in [1.82, 2.24) is 10.6 Å². The van der Waals surface area contributed by atoms with E-state index in [2.05, 4.69) is 41.8 Å². The van der Waals surface area contributed by atoms with E-state index in [-0.39, 0.29) is 18.7 Å². The highest BCUT2D eigenvalue weighted by Gasteiger charge is 2.21. The van der Waals surface area contributed by atoms with Gasteiger partial charge < -0.3 is 15.7 Å². The van der Waals surface area contributed by atoms with Gasteiger partial charge in [-0.05, 0) is 44.1 Å². The smallest absolute Gasteiger partial charge is 0.315 e. The summed E-state index contributed by atoms with van der Waals surface area (Å²) in [4.78, 5) is 11.9. The van der Waals surface area contributed by atoms with Gasteiger partial charge in [-0.1, -0.05) is 29.8 Å². The zero-order valence-corrected chi connectivity index (χ0v) is 14.7. The lowest BCUT2D eigenvalue weighted by molar-refractivity contribution is 0.174. The van der Waals surface area contributed by atoms with Crippen LogP contribution in [0.5, 0.6) is 0 Å². The maximum atomic E-state index is 11.9. The molecule has 0 aromatic heterocycles. The monoisotopic (exact) mass is 336 g/mol. The van der Waals surface area contributed by atoms with Crippen molar-refractivity contribution >= 4 is 17.8 Å². The van der Waals surface area contributed by atoms with Gasteiger partial charge in [0.1, 0.15) is 0 Å². The Hall–Kier alpha value is -1.20. The van der Waals surface area contributed by atoms with Gasteiger partial charge in [-0.15, -0.1) is 0 Å². The lowest BCUT2D eigenvalue weighted by Gasteiger charge is -2.27.